The molecular weight excluding hydrogens is 492 g/mol. The molecule has 3 aromatic heterocycles. The van der Waals surface area contributed by atoms with Crippen LogP contribution in [0.4, 0.5) is 0 Å². The number of benzene rings is 5. The normalized spacial score (nSPS) is 11.5. The van der Waals surface area contributed by atoms with Crippen molar-refractivity contribution in [3.63, 3.8) is 0 Å². The molecule has 0 radical (unpaired) electrons. The molecule has 0 aliphatic rings. The third-order valence-electron chi connectivity index (χ3n) is 7.26. The molecule has 0 N–H and O–H groups in total. The SMILES string of the molecule is c1ccc(-c2nc(-c3ccccc3)nc(-n3c4ccccc4c4ccc5ncn(-c6ccccc6)c5c43)n2)cc1. The van der Waals surface area contributed by atoms with Crippen molar-refractivity contribution < 1.29 is 0 Å². The van der Waals surface area contributed by atoms with Crippen molar-refractivity contribution in [2.75, 3.05) is 0 Å². The minimum absolute atomic E-state index is 0.562. The maximum Gasteiger partial charge on any atom is 0.238 e. The van der Waals surface area contributed by atoms with E-state index in [4.69, 9.17) is 19.9 Å². The van der Waals surface area contributed by atoms with Crippen LogP contribution in [0.15, 0.2) is 134 Å². The number of rotatable bonds is 4. The Bertz CT molecular complexity index is 2090. The summed E-state index contributed by atoms with van der Waals surface area (Å²) in [5, 5.41) is 2.24. The van der Waals surface area contributed by atoms with Crippen LogP contribution in [0.3, 0.4) is 0 Å². The maximum atomic E-state index is 5.08. The third-order valence-corrected chi connectivity index (χ3v) is 7.26. The lowest BCUT2D eigenvalue weighted by Crippen LogP contribution is -2.07. The third kappa shape index (κ3) is 3.50. The van der Waals surface area contributed by atoms with Gasteiger partial charge in [-0.1, -0.05) is 97.1 Å². The molecule has 0 bridgehead atoms. The molecule has 0 aliphatic heterocycles. The van der Waals surface area contributed by atoms with Crippen LogP contribution in [0.5, 0.6) is 0 Å². The summed E-state index contributed by atoms with van der Waals surface area (Å²) in [5.41, 5.74) is 6.84. The Labute approximate surface area is 229 Å². The van der Waals surface area contributed by atoms with Gasteiger partial charge in [0, 0.05) is 27.6 Å². The van der Waals surface area contributed by atoms with Crippen LogP contribution in [0.1, 0.15) is 0 Å². The highest BCUT2D eigenvalue weighted by molar-refractivity contribution is 6.17. The molecule has 3 heterocycles. The molecule has 0 saturated heterocycles. The fraction of sp³-hybridized carbons (Fsp3) is 0. The predicted molar refractivity (Wildman–Crippen MR) is 160 cm³/mol. The first-order valence-electron chi connectivity index (χ1n) is 13.2. The second kappa shape index (κ2) is 8.99. The standard InChI is InChI=1S/C34H22N6/c1-4-12-23(13-5-1)32-36-33(24-14-6-2-7-15-24)38-34(37-32)40-29-19-11-10-18-26(29)27-20-21-28-31(30(27)40)39(22-35-28)25-16-8-3-9-17-25/h1-22H. The Morgan fingerprint density at radius 1 is 0.475 bits per heavy atom. The molecule has 0 amide bonds. The second-order valence-electron chi connectivity index (χ2n) is 9.65. The zero-order chi connectivity index (χ0) is 26.5. The first-order chi connectivity index (χ1) is 19.8. The van der Waals surface area contributed by atoms with Gasteiger partial charge in [-0.05, 0) is 30.3 Å². The molecule has 8 rings (SSSR count). The van der Waals surface area contributed by atoms with E-state index in [0.29, 0.717) is 17.6 Å². The molecule has 0 fully saturated rings. The number of hydrogen-bond donors (Lipinski definition) is 0. The zero-order valence-electron chi connectivity index (χ0n) is 21.4. The molecular formula is C34H22N6. The van der Waals surface area contributed by atoms with Gasteiger partial charge in [0.1, 0.15) is 6.33 Å². The molecule has 0 saturated carbocycles. The Balaban J connectivity index is 1.52. The Morgan fingerprint density at radius 2 is 1.07 bits per heavy atom. The quantitative estimate of drug-likeness (QED) is 0.242. The monoisotopic (exact) mass is 514 g/mol. The van der Waals surface area contributed by atoms with E-state index in [-0.39, 0.29) is 0 Å². The maximum absolute atomic E-state index is 5.08. The molecule has 188 valence electrons. The minimum atomic E-state index is 0.562. The molecule has 6 heteroatoms. The van der Waals surface area contributed by atoms with Crippen LogP contribution in [0, 0.1) is 0 Å². The van der Waals surface area contributed by atoms with Crippen molar-refractivity contribution in [2.45, 2.75) is 0 Å². The first kappa shape index (κ1) is 22.4. The van der Waals surface area contributed by atoms with Gasteiger partial charge >= 0.3 is 0 Å². The first-order valence-corrected chi connectivity index (χ1v) is 13.2. The smallest absolute Gasteiger partial charge is 0.238 e. The van der Waals surface area contributed by atoms with Crippen LogP contribution in [0.25, 0.3) is 67.3 Å². The van der Waals surface area contributed by atoms with E-state index in [2.05, 4.69) is 57.7 Å². The number of aromatic nitrogens is 6. The highest BCUT2D eigenvalue weighted by Gasteiger charge is 2.21. The van der Waals surface area contributed by atoms with Crippen molar-refractivity contribution in [3.8, 4) is 34.4 Å². The minimum Gasteiger partial charge on any atom is -0.297 e. The van der Waals surface area contributed by atoms with Crippen molar-refractivity contribution in [3.05, 3.63) is 134 Å². The van der Waals surface area contributed by atoms with E-state index in [1.165, 1.54) is 0 Å². The van der Waals surface area contributed by atoms with Crippen LogP contribution in [-0.4, -0.2) is 29.1 Å². The summed E-state index contributed by atoms with van der Waals surface area (Å²) in [4.78, 5) is 19.8. The van der Waals surface area contributed by atoms with Crippen molar-refractivity contribution >= 4 is 32.8 Å². The fourth-order valence-corrected chi connectivity index (χ4v) is 5.44. The molecule has 40 heavy (non-hydrogen) atoms. The van der Waals surface area contributed by atoms with E-state index in [9.17, 15) is 0 Å². The van der Waals surface area contributed by atoms with Gasteiger partial charge in [-0.2, -0.15) is 9.97 Å². The van der Waals surface area contributed by atoms with Gasteiger partial charge in [-0.15, -0.1) is 0 Å². The lowest BCUT2D eigenvalue weighted by molar-refractivity contribution is 0.953. The summed E-state index contributed by atoms with van der Waals surface area (Å²) in [6, 6.07) is 43.1. The summed E-state index contributed by atoms with van der Waals surface area (Å²) >= 11 is 0. The van der Waals surface area contributed by atoms with Crippen LogP contribution in [-0.2, 0) is 0 Å². The number of nitrogens with zero attached hydrogens (tertiary/aromatic N) is 6. The molecule has 0 unspecified atom stereocenters. The van der Waals surface area contributed by atoms with Gasteiger partial charge in [0.25, 0.3) is 0 Å². The summed E-state index contributed by atoms with van der Waals surface area (Å²) in [6.45, 7) is 0. The lowest BCUT2D eigenvalue weighted by atomic mass is 10.1. The summed E-state index contributed by atoms with van der Waals surface area (Å²) < 4.78 is 4.30. The highest BCUT2D eigenvalue weighted by Crippen LogP contribution is 2.37. The molecule has 0 aliphatic carbocycles. The van der Waals surface area contributed by atoms with E-state index in [0.717, 1.165) is 49.7 Å². The van der Waals surface area contributed by atoms with Gasteiger partial charge in [-0.3, -0.25) is 9.13 Å². The Morgan fingerprint density at radius 3 is 1.75 bits per heavy atom. The van der Waals surface area contributed by atoms with Gasteiger partial charge in [0.15, 0.2) is 11.6 Å². The number of para-hydroxylation sites is 2. The lowest BCUT2D eigenvalue weighted by Gasteiger charge is -2.12. The van der Waals surface area contributed by atoms with Gasteiger partial charge < -0.3 is 0 Å². The van der Waals surface area contributed by atoms with Crippen molar-refractivity contribution in [1.29, 1.82) is 0 Å². The molecule has 5 aromatic carbocycles. The Hall–Kier alpha value is -5.62. The summed E-state index contributed by atoms with van der Waals surface area (Å²) in [5.74, 6) is 1.81. The number of hydrogen-bond acceptors (Lipinski definition) is 4. The zero-order valence-corrected chi connectivity index (χ0v) is 21.4. The van der Waals surface area contributed by atoms with Crippen molar-refractivity contribution in [1.82, 2.24) is 29.1 Å². The molecule has 0 atom stereocenters. The largest absolute Gasteiger partial charge is 0.297 e. The van der Waals surface area contributed by atoms with Crippen LogP contribution < -0.4 is 0 Å². The topological polar surface area (TPSA) is 61.4 Å². The van der Waals surface area contributed by atoms with Crippen LogP contribution in [0.2, 0.25) is 0 Å². The van der Waals surface area contributed by atoms with Gasteiger partial charge in [-0.25, -0.2) is 9.97 Å². The molecule has 0 spiro atoms. The van der Waals surface area contributed by atoms with E-state index < -0.39 is 0 Å². The van der Waals surface area contributed by atoms with Gasteiger partial charge in [0.05, 0.1) is 22.1 Å². The average Bonchev–Trinajstić information content (AvgIpc) is 3.62. The van der Waals surface area contributed by atoms with Crippen molar-refractivity contribution in [2.24, 2.45) is 0 Å². The Kier molecular flexibility index (Phi) is 5.03. The predicted octanol–water partition coefficient (Wildman–Crippen LogP) is 7.64. The fourth-order valence-electron chi connectivity index (χ4n) is 5.44. The second-order valence-corrected chi connectivity index (χ2v) is 9.65. The number of imidazole rings is 1. The van der Waals surface area contributed by atoms with Gasteiger partial charge in [0.2, 0.25) is 5.95 Å². The van der Waals surface area contributed by atoms with E-state index in [1.54, 1.807) is 0 Å². The number of fused-ring (bicyclic) bond motifs is 5. The van der Waals surface area contributed by atoms with E-state index >= 15 is 0 Å². The van der Waals surface area contributed by atoms with E-state index in [1.807, 2.05) is 85.2 Å². The average molecular weight is 515 g/mol. The molecule has 6 nitrogen and oxygen atoms in total. The summed E-state index contributed by atoms with van der Waals surface area (Å²) in [7, 11) is 0. The van der Waals surface area contributed by atoms with Crippen LogP contribution >= 0.6 is 0 Å². The molecule has 8 aromatic rings. The summed E-state index contributed by atoms with van der Waals surface area (Å²) in [6.07, 6.45) is 1.89. The highest BCUT2D eigenvalue weighted by atomic mass is 15.2.